The summed E-state index contributed by atoms with van der Waals surface area (Å²) in [5.41, 5.74) is 2.77. The summed E-state index contributed by atoms with van der Waals surface area (Å²) in [5, 5.41) is 2.89. The summed E-state index contributed by atoms with van der Waals surface area (Å²) in [6, 6.07) is 24.9. The van der Waals surface area contributed by atoms with Crippen molar-refractivity contribution in [3.8, 4) is 11.5 Å². The SMILES string of the molecule is Cc1cccc(OC(C)C(=O)Nc2ccccc2OCc2ccccc2)c1. The highest BCUT2D eigenvalue weighted by Gasteiger charge is 2.16. The third-order valence-corrected chi connectivity index (χ3v) is 4.05. The first-order chi connectivity index (χ1) is 13.1. The molecule has 4 nitrogen and oxygen atoms in total. The summed E-state index contributed by atoms with van der Waals surface area (Å²) in [6.45, 7) is 4.14. The molecule has 1 N–H and O–H groups in total. The van der Waals surface area contributed by atoms with E-state index < -0.39 is 6.10 Å². The van der Waals surface area contributed by atoms with Crippen LogP contribution < -0.4 is 14.8 Å². The molecule has 1 unspecified atom stereocenters. The smallest absolute Gasteiger partial charge is 0.265 e. The van der Waals surface area contributed by atoms with Crippen LogP contribution in [0.4, 0.5) is 5.69 Å². The molecule has 27 heavy (non-hydrogen) atoms. The Morgan fingerprint density at radius 2 is 1.70 bits per heavy atom. The summed E-state index contributed by atoms with van der Waals surface area (Å²) in [6.07, 6.45) is -0.631. The minimum atomic E-state index is -0.631. The molecule has 0 aromatic heterocycles. The first kappa shape index (κ1) is 18.5. The van der Waals surface area contributed by atoms with Gasteiger partial charge < -0.3 is 14.8 Å². The van der Waals surface area contributed by atoms with Gasteiger partial charge in [0, 0.05) is 0 Å². The molecule has 0 saturated carbocycles. The molecular weight excluding hydrogens is 338 g/mol. The molecule has 0 saturated heterocycles. The third-order valence-electron chi connectivity index (χ3n) is 4.05. The predicted molar refractivity (Wildman–Crippen MR) is 107 cm³/mol. The first-order valence-corrected chi connectivity index (χ1v) is 8.92. The number of anilines is 1. The molecule has 0 heterocycles. The van der Waals surface area contributed by atoms with Gasteiger partial charge >= 0.3 is 0 Å². The van der Waals surface area contributed by atoms with E-state index in [1.807, 2.05) is 85.8 Å². The van der Waals surface area contributed by atoms with Crippen molar-refractivity contribution in [2.45, 2.75) is 26.6 Å². The van der Waals surface area contributed by atoms with Gasteiger partial charge in [-0.3, -0.25) is 4.79 Å². The lowest BCUT2D eigenvalue weighted by atomic mass is 10.2. The summed E-state index contributed by atoms with van der Waals surface area (Å²) >= 11 is 0. The molecule has 3 rings (SSSR count). The Balaban J connectivity index is 1.63. The molecule has 1 amide bonds. The van der Waals surface area contributed by atoms with E-state index in [1.165, 1.54) is 0 Å². The Hall–Kier alpha value is -3.27. The van der Waals surface area contributed by atoms with E-state index in [2.05, 4.69) is 5.32 Å². The van der Waals surface area contributed by atoms with Crippen LogP contribution in [-0.4, -0.2) is 12.0 Å². The van der Waals surface area contributed by atoms with Crippen molar-refractivity contribution in [2.24, 2.45) is 0 Å². The molecule has 0 aliphatic heterocycles. The van der Waals surface area contributed by atoms with Gasteiger partial charge in [-0.25, -0.2) is 0 Å². The largest absolute Gasteiger partial charge is 0.487 e. The number of amides is 1. The van der Waals surface area contributed by atoms with E-state index in [-0.39, 0.29) is 5.91 Å². The summed E-state index contributed by atoms with van der Waals surface area (Å²) in [5.74, 6) is 1.07. The second kappa shape index (κ2) is 8.90. The Labute approximate surface area is 159 Å². The quantitative estimate of drug-likeness (QED) is 0.646. The standard InChI is InChI=1S/C23H23NO3/c1-17-9-8-12-20(15-17)27-18(2)23(25)24-21-13-6-7-14-22(21)26-16-19-10-4-3-5-11-19/h3-15,18H,16H2,1-2H3,(H,24,25). The number of benzene rings is 3. The third kappa shape index (κ3) is 5.35. The fourth-order valence-corrected chi connectivity index (χ4v) is 2.61. The van der Waals surface area contributed by atoms with E-state index >= 15 is 0 Å². The molecule has 3 aromatic rings. The zero-order chi connectivity index (χ0) is 19.1. The highest BCUT2D eigenvalue weighted by molar-refractivity contribution is 5.95. The van der Waals surface area contributed by atoms with Gasteiger partial charge in [0.2, 0.25) is 0 Å². The number of hydrogen-bond donors (Lipinski definition) is 1. The normalized spacial score (nSPS) is 11.5. The van der Waals surface area contributed by atoms with Crippen molar-refractivity contribution in [3.63, 3.8) is 0 Å². The van der Waals surface area contributed by atoms with Crippen molar-refractivity contribution < 1.29 is 14.3 Å². The molecule has 0 radical (unpaired) electrons. The predicted octanol–water partition coefficient (Wildman–Crippen LogP) is 4.98. The van der Waals surface area contributed by atoms with Crippen molar-refractivity contribution >= 4 is 11.6 Å². The van der Waals surface area contributed by atoms with Crippen LogP contribution in [0, 0.1) is 6.92 Å². The molecule has 3 aromatic carbocycles. The van der Waals surface area contributed by atoms with Crippen LogP contribution in [0.25, 0.3) is 0 Å². The molecule has 4 heteroatoms. The monoisotopic (exact) mass is 361 g/mol. The lowest BCUT2D eigenvalue weighted by Gasteiger charge is -2.17. The van der Waals surface area contributed by atoms with Crippen LogP contribution >= 0.6 is 0 Å². The molecule has 0 spiro atoms. The van der Waals surface area contributed by atoms with Crippen LogP contribution in [0.2, 0.25) is 0 Å². The Morgan fingerprint density at radius 3 is 2.48 bits per heavy atom. The lowest BCUT2D eigenvalue weighted by Crippen LogP contribution is -2.30. The maximum Gasteiger partial charge on any atom is 0.265 e. The first-order valence-electron chi connectivity index (χ1n) is 8.92. The summed E-state index contributed by atoms with van der Waals surface area (Å²) < 4.78 is 11.6. The molecule has 1 atom stereocenters. The second-order valence-electron chi connectivity index (χ2n) is 6.34. The number of para-hydroxylation sites is 2. The number of aryl methyl sites for hydroxylation is 1. The molecule has 0 bridgehead atoms. The fraction of sp³-hybridized carbons (Fsp3) is 0.174. The van der Waals surface area contributed by atoms with Gasteiger partial charge in [-0.2, -0.15) is 0 Å². The van der Waals surface area contributed by atoms with Gasteiger partial charge in [0.15, 0.2) is 6.10 Å². The highest BCUT2D eigenvalue weighted by atomic mass is 16.5. The van der Waals surface area contributed by atoms with Crippen LogP contribution in [0.5, 0.6) is 11.5 Å². The molecular formula is C23H23NO3. The number of hydrogen-bond acceptors (Lipinski definition) is 3. The molecule has 0 aliphatic rings. The molecule has 0 aliphatic carbocycles. The zero-order valence-electron chi connectivity index (χ0n) is 15.5. The Morgan fingerprint density at radius 1 is 0.963 bits per heavy atom. The van der Waals surface area contributed by atoms with E-state index in [9.17, 15) is 4.79 Å². The van der Waals surface area contributed by atoms with Crippen molar-refractivity contribution in [1.82, 2.24) is 0 Å². The van der Waals surface area contributed by atoms with Gasteiger partial charge in [0.1, 0.15) is 18.1 Å². The maximum absolute atomic E-state index is 12.5. The maximum atomic E-state index is 12.5. The molecule has 138 valence electrons. The topological polar surface area (TPSA) is 47.6 Å². The van der Waals surface area contributed by atoms with Crippen molar-refractivity contribution in [3.05, 3.63) is 90.0 Å². The van der Waals surface area contributed by atoms with Gasteiger partial charge in [-0.1, -0.05) is 54.6 Å². The minimum Gasteiger partial charge on any atom is -0.487 e. The number of rotatable bonds is 7. The average Bonchev–Trinajstić information content (AvgIpc) is 2.68. The minimum absolute atomic E-state index is 0.229. The van der Waals surface area contributed by atoms with E-state index in [0.717, 1.165) is 11.1 Å². The summed E-state index contributed by atoms with van der Waals surface area (Å²) in [7, 11) is 0. The lowest BCUT2D eigenvalue weighted by molar-refractivity contribution is -0.122. The Bertz CT molecular complexity index is 893. The second-order valence-corrected chi connectivity index (χ2v) is 6.34. The highest BCUT2D eigenvalue weighted by Crippen LogP contribution is 2.25. The van der Waals surface area contributed by atoms with Crippen molar-refractivity contribution in [1.29, 1.82) is 0 Å². The van der Waals surface area contributed by atoms with Gasteiger partial charge in [0.05, 0.1) is 5.69 Å². The summed E-state index contributed by atoms with van der Waals surface area (Å²) in [4.78, 5) is 12.5. The fourth-order valence-electron chi connectivity index (χ4n) is 2.61. The van der Waals surface area contributed by atoms with Crippen LogP contribution in [-0.2, 0) is 11.4 Å². The van der Waals surface area contributed by atoms with Gasteiger partial charge in [-0.15, -0.1) is 0 Å². The molecule has 0 fully saturated rings. The van der Waals surface area contributed by atoms with Crippen LogP contribution in [0.1, 0.15) is 18.1 Å². The van der Waals surface area contributed by atoms with E-state index in [0.29, 0.717) is 23.8 Å². The van der Waals surface area contributed by atoms with E-state index in [4.69, 9.17) is 9.47 Å². The van der Waals surface area contributed by atoms with Crippen LogP contribution in [0.15, 0.2) is 78.9 Å². The zero-order valence-corrected chi connectivity index (χ0v) is 15.5. The Kier molecular flexibility index (Phi) is 6.10. The number of nitrogens with one attached hydrogen (secondary N) is 1. The number of ether oxygens (including phenoxy) is 2. The number of carbonyl (C=O) groups excluding carboxylic acids is 1. The van der Waals surface area contributed by atoms with Gasteiger partial charge in [-0.05, 0) is 49.2 Å². The number of carbonyl (C=O) groups is 1. The van der Waals surface area contributed by atoms with Crippen LogP contribution in [0.3, 0.4) is 0 Å². The van der Waals surface area contributed by atoms with E-state index in [1.54, 1.807) is 6.92 Å². The average molecular weight is 361 g/mol. The van der Waals surface area contributed by atoms with Gasteiger partial charge in [0.25, 0.3) is 5.91 Å². The van der Waals surface area contributed by atoms with Crippen molar-refractivity contribution in [2.75, 3.05) is 5.32 Å².